The molecule has 0 radical (unpaired) electrons. The van der Waals surface area contributed by atoms with Crippen LogP contribution in [0.3, 0.4) is 0 Å². The van der Waals surface area contributed by atoms with Gasteiger partial charge in [-0.15, -0.1) is 16.2 Å². The summed E-state index contributed by atoms with van der Waals surface area (Å²) in [6.45, 7) is 1.82. The van der Waals surface area contributed by atoms with Gasteiger partial charge in [0.05, 0.1) is 16.1 Å². The van der Waals surface area contributed by atoms with E-state index in [1.54, 1.807) is 29.6 Å². The molecule has 29 heavy (non-hydrogen) atoms. The maximum absolute atomic E-state index is 12.5. The molecule has 1 aromatic heterocycles. The predicted molar refractivity (Wildman–Crippen MR) is 111 cm³/mol. The van der Waals surface area contributed by atoms with Gasteiger partial charge >= 0.3 is 0 Å². The van der Waals surface area contributed by atoms with E-state index in [9.17, 15) is 21.6 Å². The third kappa shape index (κ3) is 5.01. The van der Waals surface area contributed by atoms with Gasteiger partial charge in [0.2, 0.25) is 0 Å². The van der Waals surface area contributed by atoms with E-state index in [0.29, 0.717) is 0 Å². The van der Waals surface area contributed by atoms with Crippen LogP contribution in [0.25, 0.3) is 0 Å². The van der Waals surface area contributed by atoms with Crippen LogP contribution in [-0.4, -0.2) is 22.7 Å². The largest absolute Gasteiger partial charge is 0.278 e. The van der Waals surface area contributed by atoms with E-state index in [2.05, 4.69) is 10.1 Å². The molecule has 0 spiro atoms. The lowest BCUT2D eigenvalue weighted by molar-refractivity contribution is 0.0946. The van der Waals surface area contributed by atoms with E-state index in [4.69, 9.17) is 0 Å². The molecule has 3 rings (SSSR count). The highest BCUT2D eigenvalue weighted by Gasteiger charge is 2.21. The summed E-state index contributed by atoms with van der Waals surface area (Å²) in [6.07, 6.45) is 0. The number of aryl methyl sites for hydroxylation is 1. The van der Waals surface area contributed by atoms with Crippen molar-refractivity contribution in [1.29, 1.82) is 0 Å². The third-order valence-corrected chi connectivity index (χ3v) is 7.83. The van der Waals surface area contributed by atoms with Gasteiger partial charge in [0, 0.05) is 0 Å². The first-order valence-electron chi connectivity index (χ1n) is 8.23. The first kappa shape index (κ1) is 21.0. The lowest BCUT2D eigenvalue weighted by Crippen LogP contribution is -2.41. The molecule has 3 aromatic rings. The van der Waals surface area contributed by atoms with Gasteiger partial charge in [0.25, 0.3) is 26.0 Å². The quantitative estimate of drug-likeness (QED) is 0.477. The van der Waals surface area contributed by atoms with Crippen LogP contribution in [0.5, 0.6) is 0 Å². The first-order chi connectivity index (χ1) is 13.7. The number of hydrazine groups is 1. The van der Waals surface area contributed by atoms with E-state index in [0.717, 1.165) is 16.9 Å². The Labute approximate surface area is 172 Å². The van der Waals surface area contributed by atoms with Gasteiger partial charge in [-0.05, 0) is 42.6 Å². The van der Waals surface area contributed by atoms with Gasteiger partial charge in [0.15, 0.2) is 0 Å². The second-order valence-electron chi connectivity index (χ2n) is 5.96. The SMILES string of the molecule is Cc1ccc(S(=O)(=O)NNC(=O)c2ccccc2NS(=O)(=O)c2cccs2)cc1. The topological polar surface area (TPSA) is 121 Å². The number of thiophene rings is 1. The van der Waals surface area contributed by atoms with Crippen molar-refractivity contribution < 1.29 is 21.6 Å². The van der Waals surface area contributed by atoms with Crippen LogP contribution in [-0.2, 0) is 20.0 Å². The van der Waals surface area contributed by atoms with Crippen molar-refractivity contribution in [3.8, 4) is 0 Å². The number of anilines is 1. The Hall–Kier alpha value is -2.73. The van der Waals surface area contributed by atoms with Crippen LogP contribution < -0.4 is 15.0 Å². The second-order valence-corrected chi connectivity index (χ2v) is 10.5. The molecule has 0 aliphatic heterocycles. The standard InChI is InChI=1S/C18H17N3O5S3/c1-13-8-10-14(11-9-13)28(23,24)21-19-18(22)15-5-2-3-6-16(15)20-29(25,26)17-7-4-12-27-17/h2-12,20-21H,1H3,(H,19,22). The minimum atomic E-state index is -3.98. The molecule has 152 valence electrons. The predicted octanol–water partition coefficient (Wildman–Crippen LogP) is 2.48. The number of nitrogens with one attached hydrogen (secondary N) is 3. The van der Waals surface area contributed by atoms with Crippen LogP contribution in [0, 0.1) is 6.92 Å². The van der Waals surface area contributed by atoms with Crippen LogP contribution >= 0.6 is 11.3 Å². The van der Waals surface area contributed by atoms with Crippen molar-refractivity contribution in [3.63, 3.8) is 0 Å². The smallest absolute Gasteiger partial charge is 0.271 e. The zero-order valence-electron chi connectivity index (χ0n) is 15.1. The summed E-state index contributed by atoms with van der Waals surface area (Å²) in [5.74, 6) is -0.815. The van der Waals surface area contributed by atoms with Crippen molar-refractivity contribution in [2.75, 3.05) is 4.72 Å². The molecule has 0 aliphatic rings. The number of benzene rings is 2. The average Bonchev–Trinajstić information content (AvgIpc) is 3.23. The fourth-order valence-corrected chi connectivity index (χ4v) is 5.25. The normalized spacial score (nSPS) is 11.8. The van der Waals surface area contributed by atoms with Crippen molar-refractivity contribution in [3.05, 3.63) is 77.2 Å². The lowest BCUT2D eigenvalue weighted by atomic mass is 10.2. The van der Waals surface area contributed by atoms with Crippen molar-refractivity contribution in [2.45, 2.75) is 16.0 Å². The Morgan fingerprint density at radius 2 is 1.55 bits per heavy atom. The van der Waals surface area contributed by atoms with E-state index >= 15 is 0 Å². The number of hydrogen-bond donors (Lipinski definition) is 3. The molecular formula is C18H17N3O5S3. The average molecular weight is 452 g/mol. The van der Waals surface area contributed by atoms with E-state index in [-0.39, 0.29) is 20.4 Å². The van der Waals surface area contributed by atoms with Gasteiger partial charge < -0.3 is 0 Å². The Morgan fingerprint density at radius 3 is 2.21 bits per heavy atom. The zero-order valence-corrected chi connectivity index (χ0v) is 17.6. The summed E-state index contributed by atoms with van der Waals surface area (Å²) in [5, 5.41) is 1.62. The number of hydrogen-bond acceptors (Lipinski definition) is 6. The fourth-order valence-electron chi connectivity index (χ4n) is 2.34. The van der Waals surface area contributed by atoms with Gasteiger partial charge in [0.1, 0.15) is 4.21 Å². The molecule has 0 saturated carbocycles. The minimum Gasteiger partial charge on any atom is -0.278 e. The maximum atomic E-state index is 12.5. The Balaban J connectivity index is 1.77. The highest BCUT2D eigenvalue weighted by molar-refractivity contribution is 7.94. The summed E-state index contributed by atoms with van der Waals surface area (Å²) < 4.78 is 51.9. The van der Waals surface area contributed by atoms with Crippen molar-refractivity contribution in [2.24, 2.45) is 0 Å². The molecule has 1 amide bonds. The molecule has 2 aromatic carbocycles. The second kappa shape index (κ2) is 8.33. The van der Waals surface area contributed by atoms with Crippen molar-refractivity contribution in [1.82, 2.24) is 10.3 Å². The molecule has 0 fully saturated rings. The number of amides is 1. The highest BCUT2D eigenvalue weighted by Crippen LogP contribution is 2.22. The van der Waals surface area contributed by atoms with E-state index < -0.39 is 26.0 Å². The molecule has 0 bridgehead atoms. The van der Waals surface area contributed by atoms with Crippen LogP contribution in [0.1, 0.15) is 15.9 Å². The van der Waals surface area contributed by atoms with Crippen LogP contribution in [0.2, 0.25) is 0 Å². The zero-order chi connectivity index (χ0) is 21.1. The maximum Gasteiger partial charge on any atom is 0.271 e. The first-order valence-corrected chi connectivity index (χ1v) is 12.1. The molecule has 11 heteroatoms. The number of rotatable bonds is 7. The highest BCUT2D eigenvalue weighted by atomic mass is 32.2. The Morgan fingerprint density at radius 1 is 0.862 bits per heavy atom. The fraction of sp³-hybridized carbons (Fsp3) is 0.0556. The Kier molecular flexibility index (Phi) is 6.03. The molecule has 3 N–H and O–H groups in total. The number of sulfonamides is 2. The molecule has 0 atom stereocenters. The van der Waals surface area contributed by atoms with Gasteiger partial charge in [-0.1, -0.05) is 35.9 Å². The molecule has 0 aliphatic carbocycles. The summed E-state index contributed by atoms with van der Waals surface area (Å²) >= 11 is 1.03. The number of carbonyl (C=O) groups excluding carboxylic acids is 1. The summed E-state index contributed by atoms with van der Waals surface area (Å²) in [7, 11) is -7.85. The van der Waals surface area contributed by atoms with Crippen molar-refractivity contribution >= 4 is 43.0 Å². The number of para-hydroxylation sites is 1. The molecular weight excluding hydrogens is 434 g/mol. The summed E-state index contributed by atoms with van der Waals surface area (Å²) in [5.41, 5.74) is 2.97. The summed E-state index contributed by atoms with van der Waals surface area (Å²) in [6, 6.07) is 15.0. The molecule has 1 heterocycles. The molecule has 8 nitrogen and oxygen atoms in total. The van der Waals surface area contributed by atoms with E-state index in [1.807, 2.05) is 11.8 Å². The molecule has 0 saturated heterocycles. The molecule has 0 unspecified atom stereocenters. The monoisotopic (exact) mass is 451 g/mol. The summed E-state index contributed by atoms with van der Waals surface area (Å²) in [4.78, 5) is 14.5. The van der Waals surface area contributed by atoms with Crippen LogP contribution in [0.4, 0.5) is 5.69 Å². The third-order valence-electron chi connectivity index (χ3n) is 3.81. The van der Waals surface area contributed by atoms with Crippen LogP contribution in [0.15, 0.2) is 75.1 Å². The Bertz CT molecular complexity index is 1220. The number of carbonyl (C=O) groups is 1. The van der Waals surface area contributed by atoms with Gasteiger partial charge in [-0.25, -0.2) is 16.8 Å². The van der Waals surface area contributed by atoms with Gasteiger partial charge in [-0.3, -0.25) is 14.9 Å². The van der Waals surface area contributed by atoms with Gasteiger partial charge in [-0.2, -0.15) is 0 Å². The lowest BCUT2D eigenvalue weighted by Gasteiger charge is -2.13. The van der Waals surface area contributed by atoms with E-state index in [1.165, 1.54) is 36.4 Å². The minimum absolute atomic E-state index is 0.0184.